The third kappa shape index (κ3) is 2.83. The van der Waals surface area contributed by atoms with Crippen LogP contribution in [0.1, 0.15) is 23.1 Å². The predicted molar refractivity (Wildman–Crippen MR) is 88.3 cm³/mol. The maximum Gasteiger partial charge on any atom is 0.138 e. The highest BCUT2D eigenvalue weighted by Gasteiger charge is 2.28. The van der Waals surface area contributed by atoms with Gasteiger partial charge in [0, 0.05) is 30.2 Å². The van der Waals surface area contributed by atoms with E-state index in [1.54, 1.807) is 6.26 Å². The average Bonchev–Trinajstić information content (AvgIpc) is 3.28. The minimum absolute atomic E-state index is 0.00892. The number of aryl methyl sites for hydroxylation is 1. The van der Waals surface area contributed by atoms with Crippen molar-refractivity contribution in [3.05, 3.63) is 78.0 Å². The largest absolute Gasteiger partial charge is 0.468 e. The lowest BCUT2D eigenvalue weighted by Crippen LogP contribution is -2.22. The number of rotatable bonds is 4. The summed E-state index contributed by atoms with van der Waals surface area (Å²) in [6.45, 7) is 4.57. The number of aromatic nitrogens is 1. The number of furan rings is 1. The zero-order valence-corrected chi connectivity index (χ0v) is 13.2. The van der Waals surface area contributed by atoms with Gasteiger partial charge < -0.3 is 13.7 Å². The molecule has 118 valence electrons. The lowest BCUT2D eigenvalue weighted by molar-refractivity contribution is 0.0258. The number of nitrogens with zero attached hydrogens (tertiary/aromatic N) is 2. The fourth-order valence-corrected chi connectivity index (χ4v) is 3.14. The first-order valence-corrected chi connectivity index (χ1v) is 7.93. The smallest absolute Gasteiger partial charge is 0.138 e. The molecular formula is C19H20N2O2. The Morgan fingerprint density at radius 1 is 1.13 bits per heavy atom. The molecule has 1 aromatic carbocycles. The molecule has 0 N–H and O–H groups in total. The van der Waals surface area contributed by atoms with E-state index in [0.29, 0.717) is 0 Å². The molecular weight excluding hydrogens is 288 g/mol. The quantitative estimate of drug-likeness (QED) is 0.732. The van der Waals surface area contributed by atoms with Crippen molar-refractivity contribution in [2.45, 2.75) is 19.7 Å². The third-order valence-corrected chi connectivity index (χ3v) is 4.32. The molecule has 4 rings (SSSR count). The summed E-state index contributed by atoms with van der Waals surface area (Å²) in [6, 6.07) is 14.5. The van der Waals surface area contributed by atoms with E-state index in [1.807, 2.05) is 12.1 Å². The van der Waals surface area contributed by atoms with E-state index in [0.717, 1.165) is 25.5 Å². The van der Waals surface area contributed by atoms with E-state index in [1.165, 1.54) is 16.8 Å². The van der Waals surface area contributed by atoms with Gasteiger partial charge in [-0.2, -0.15) is 0 Å². The summed E-state index contributed by atoms with van der Waals surface area (Å²) in [5.74, 6) is 0.971. The van der Waals surface area contributed by atoms with E-state index < -0.39 is 0 Å². The standard InChI is InChI=1S/C19H20N2O2/c1-15-5-2-3-7-18(15)20-9-8-16(13-20)19-21(10-12-23-19)14-17-6-4-11-22-17/h2-9,11,13,19H,10,12,14H2,1H3/t19-/m0/s1. The number of hydrogen-bond acceptors (Lipinski definition) is 3. The first-order valence-electron chi connectivity index (χ1n) is 7.93. The average molecular weight is 308 g/mol. The summed E-state index contributed by atoms with van der Waals surface area (Å²) in [5.41, 5.74) is 3.64. The van der Waals surface area contributed by atoms with Crippen molar-refractivity contribution in [2.75, 3.05) is 13.2 Å². The van der Waals surface area contributed by atoms with Crippen LogP contribution in [0.3, 0.4) is 0 Å². The van der Waals surface area contributed by atoms with Crippen LogP contribution < -0.4 is 0 Å². The van der Waals surface area contributed by atoms with Gasteiger partial charge in [0.1, 0.15) is 12.0 Å². The van der Waals surface area contributed by atoms with Crippen molar-refractivity contribution in [1.82, 2.24) is 9.47 Å². The molecule has 0 radical (unpaired) electrons. The highest BCUT2D eigenvalue weighted by Crippen LogP contribution is 2.29. The highest BCUT2D eigenvalue weighted by molar-refractivity contribution is 5.41. The van der Waals surface area contributed by atoms with E-state index in [4.69, 9.17) is 9.15 Å². The summed E-state index contributed by atoms with van der Waals surface area (Å²) in [6.07, 6.45) is 5.97. The number of para-hydroxylation sites is 1. The summed E-state index contributed by atoms with van der Waals surface area (Å²) in [4.78, 5) is 2.30. The van der Waals surface area contributed by atoms with Gasteiger partial charge in [0.15, 0.2) is 0 Å². The second-order valence-corrected chi connectivity index (χ2v) is 5.91. The molecule has 4 nitrogen and oxygen atoms in total. The summed E-state index contributed by atoms with van der Waals surface area (Å²) >= 11 is 0. The molecule has 0 amide bonds. The molecule has 1 aliphatic heterocycles. The molecule has 0 bridgehead atoms. The Morgan fingerprint density at radius 3 is 2.87 bits per heavy atom. The van der Waals surface area contributed by atoms with Crippen molar-refractivity contribution >= 4 is 0 Å². The van der Waals surface area contributed by atoms with Crippen molar-refractivity contribution in [1.29, 1.82) is 0 Å². The Morgan fingerprint density at radius 2 is 2.04 bits per heavy atom. The van der Waals surface area contributed by atoms with Crippen LogP contribution in [-0.4, -0.2) is 22.6 Å². The molecule has 3 heterocycles. The Kier molecular flexibility index (Phi) is 3.77. The van der Waals surface area contributed by atoms with Crippen LogP contribution in [0.15, 0.2) is 65.5 Å². The van der Waals surface area contributed by atoms with Crippen LogP contribution in [0.4, 0.5) is 0 Å². The summed E-state index contributed by atoms with van der Waals surface area (Å²) < 4.78 is 13.6. The topological polar surface area (TPSA) is 30.5 Å². The monoisotopic (exact) mass is 308 g/mol. The van der Waals surface area contributed by atoms with Crippen LogP contribution in [-0.2, 0) is 11.3 Å². The molecule has 0 unspecified atom stereocenters. The third-order valence-electron chi connectivity index (χ3n) is 4.32. The van der Waals surface area contributed by atoms with E-state index >= 15 is 0 Å². The number of ether oxygens (including phenoxy) is 1. The minimum atomic E-state index is -0.00892. The fourth-order valence-electron chi connectivity index (χ4n) is 3.14. The zero-order valence-electron chi connectivity index (χ0n) is 13.2. The van der Waals surface area contributed by atoms with Crippen LogP contribution in [0.25, 0.3) is 5.69 Å². The fraction of sp³-hybridized carbons (Fsp3) is 0.263. The normalized spacial score (nSPS) is 18.6. The van der Waals surface area contributed by atoms with Gasteiger partial charge in [-0.15, -0.1) is 0 Å². The van der Waals surface area contributed by atoms with Gasteiger partial charge >= 0.3 is 0 Å². The molecule has 2 aromatic heterocycles. The van der Waals surface area contributed by atoms with Gasteiger partial charge in [-0.05, 0) is 36.8 Å². The molecule has 0 saturated carbocycles. The molecule has 4 heteroatoms. The Balaban J connectivity index is 1.57. The van der Waals surface area contributed by atoms with Gasteiger partial charge in [-0.3, -0.25) is 4.90 Å². The van der Waals surface area contributed by atoms with Gasteiger partial charge in [-0.1, -0.05) is 18.2 Å². The Bertz CT molecular complexity index is 776. The first kappa shape index (κ1) is 14.3. The second-order valence-electron chi connectivity index (χ2n) is 5.91. The van der Waals surface area contributed by atoms with Crippen molar-refractivity contribution in [2.24, 2.45) is 0 Å². The molecule has 0 aliphatic carbocycles. The number of benzene rings is 1. The SMILES string of the molecule is Cc1ccccc1-n1ccc([C@@H]2OCCN2Cc2ccco2)c1. The van der Waals surface area contributed by atoms with Gasteiger partial charge in [0.25, 0.3) is 0 Å². The molecule has 1 aliphatic rings. The van der Waals surface area contributed by atoms with Crippen molar-refractivity contribution in [3.8, 4) is 5.69 Å². The van der Waals surface area contributed by atoms with Gasteiger partial charge in [0.05, 0.1) is 19.4 Å². The maximum absolute atomic E-state index is 5.95. The summed E-state index contributed by atoms with van der Waals surface area (Å²) in [7, 11) is 0. The zero-order chi connectivity index (χ0) is 15.6. The molecule has 23 heavy (non-hydrogen) atoms. The lowest BCUT2D eigenvalue weighted by Gasteiger charge is -2.21. The van der Waals surface area contributed by atoms with E-state index in [-0.39, 0.29) is 6.23 Å². The van der Waals surface area contributed by atoms with Crippen molar-refractivity contribution in [3.63, 3.8) is 0 Å². The van der Waals surface area contributed by atoms with Crippen LogP contribution in [0.2, 0.25) is 0 Å². The van der Waals surface area contributed by atoms with Gasteiger partial charge in [0.2, 0.25) is 0 Å². The van der Waals surface area contributed by atoms with E-state index in [2.05, 4.69) is 59.1 Å². The molecule has 0 spiro atoms. The van der Waals surface area contributed by atoms with Crippen LogP contribution in [0, 0.1) is 6.92 Å². The number of hydrogen-bond donors (Lipinski definition) is 0. The van der Waals surface area contributed by atoms with Crippen molar-refractivity contribution < 1.29 is 9.15 Å². The second kappa shape index (κ2) is 6.07. The molecule has 1 saturated heterocycles. The first-order chi connectivity index (χ1) is 11.3. The predicted octanol–water partition coefficient (Wildman–Crippen LogP) is 3.91. The lowest BCUT2D eigenvalue weighted by atomic mass is 10.2. The molecule has 1 atom stereocenters. The maximum atomic E-state index is 5.95. The van der Waals surface area contributed by atoms with E-state index in [9.17, 15) is 0 Å². The van der Waals surface area contributed by atoms with Crippen LogP contribution in [0.5, 0.6) is 0 Å². The highest BCUT2D eigenvalue weighted by atomic mass is 16.5. The Labute approximate surface area is 135 Å². The molecule has 3 aromatic rings. The van der Waals surface area contributed by atoms with Gasteiger partial charge in [-0.25, -0.2) is 0 Å². The van der Waals surface area contributed by atoms with Crippen LogP contribution >= 0.6 is 0 Å². The Hall–Kier alpha value is -2.30. The molecule has 1 fully saturated rings. The summed E-state index contributed by atoms with van der Waals surface area (Å²) in [5, 5.41) is 0. The minimum Gasteiger partial charge on any atom is -0.468 e.